The van der Waals surface area contributed by atoms with Crippen LogP contribution in [0.3, 0.4) is 0 Å². The van der Waals surface area contributed by atoms with E-state index >= 15 is 0 Å². The third-order valence-corrected chi connectivity index (χ3v) is 5.87. The summed E-state index contributed by atoms with van der Waals surface area (Å²) >= 11 is 0. The van der Waals surface area contributed by atoms with Gasteiger partial charge in [-0.15, -0.1) is 0 Å². The molecule has 144 valence electrons. The van der Waals surface area contributed by atoms with E-state index in [0.717, 1.165) is 18.9 Å². The summed E-state index contributed by atoms with van der Waals surface area (Å²) in [7, 11) is 3.14. The Morgan fingerprint density at radius 3 is 2.08 bits per heavy atom. The predicted molar refractivity (Wildman–Crippen MR) is 104 cm³/mol. The van der Waals surface area contributed by atoms with Crippen LogP contribution in [0.25, 0.3) is 6.08 Å². The Morgan fingerprint density at radius 1 is 1.15 bits per heavy atom. The number of nitrogens with one attached hydrogen (secondary N) is 2. The van der Waals surface area contributed by atoms with Crippen LogP contribution < -0.4 is 10.9 Å². The summed E-state index contributed by atoms with van der Waals surface area (Å²) < 4.78 is 1.31. The number of hydrogen-bond donors (Lipinski definition) is 2. The van der Waals surface area contributed by atoms with Crippen LogP contribution >= 0.6 is 0 Å². The van der Waals surface area contributed by atoms with E-state index in [9.17, 15) is 9.59 Å². The number of H-pyrrole nitrogens is 1. The van der Waals surface area contributed by atoms with Crippen molar-refractivity contribution in [1.29, 1.82) is 0 Å². The molecule has 0 aliphatic carbocycles. The summed E-state index contributed by atoms with van der Waals surface area (Å²) in [5, 5.41) is 5.36. The van der Waals surface area contributed by atoms with Crippen LogP contribution in [0.2, 0.25) is 0 Å². The van der Waals surface area contributed by atoms with E-state index < -0.39 is 0 Å². The summed E-state index contributed by atoms with van der Waals surface area (Å²) in [6.07, 6.45) is 1.63. The maximum atomic E-state index is 12.4. The monoisotopic (exact) mass is 361 g/mol. The van der Waals surface area contributed by atoms with Crippen LogP contribution in [0.1, 0.15) is 57.6 Å². The van der Waals surface area contributed by atoms with Crippen molar-refractivity contribution in [3.05, 3.63) is 33.2 Å². The Hall–Kier alpha value is -2.40. The molecular weight excluding hydrogens is 330 g/mol. The number of hydrogen-bond acceptors (Lipinski definition) is 4. The second-order valence-corrected chi connectivity index (χ2v) is 7.56. The lowest BCUT2D eigenvalue weighted by Crippen LogP contribution is -2.54. The van der Waals surface area contributed by atoms with Crippen molar-refractivity contribution in [3.8, 4) is 0 Å². The number of aryl methyl sites for hydroxylation is 1. The fraction of sp³-hybridized carbons (Fsp3) is 0.632. The predicted octanol–water partition coefficient (Wildman–Crippen LogP) is 1.74. The van der Waals surface area contributed by atoms with Crippen molar-refractivity contribution in [2.45, 2.75) is 52.6 Å². The molecule has 2 heterocycles. The molecule has 0 saturated carbocycles. The second kappa shape index (κ2) is 6.72. The van der Waals surface area contributed by atoms with Gasteiger partial charge in [0, 0.05) is 27.2 Å². The molecule has 1 aromatic heterocycles. The van der Waals surface area contributed by atoms with Crippen LogP contribution in [-0.4, -0.2) is 56.7 Å². The minimum Gasteiger partial charge on any atom is -0.354 e. The number of rotatable bonds is 4. The highest BCUT2D eigenvalue weighted by Crippen LogP contribution is 2.44. The summed E-state index contributed by atoms with van der Waals surface area (Å²) in [6, 6.07) is 0. The number of carbonyl (C=O) groups is 1. The van der Waals surface area contributed by atoms with Gasteiger partial charge < -0.3 is 15.1 Å². The first-order valence-electron chi connectivity index (χ1n) is 9.07. The number of aromatic nitrogens is 2. The van der Waals surface area contributed by atoms with Gasteiger partial charge in [0.2, 0.25) is 0 Å². The van der Waals surface area contributed by atoms with E-state index in [2.05, 4.69) is 67.5 Å². The summed E-state index contributed by atoms with van der Waals surface area (Å²) in [5.74, 6) is 0.614. The molecule has 0 bridgehead atoms. The first kappa shape index (κ1) is 19.9. The van der Waals surface area contributed by atoms with E-state index in [1.165, 1.54) is 4.68 Å². The van der Waals surface area contributed by atoms with Gasteiger partial charge in [0.1, 0.15) is 5.69 Å². The number of likely N-dealkylation sites (N-methyl/N-ethyl adjacent to an activating group) is 2. The van der Waals surface area contributed by atoms with Crippen LogP contribution in [0.4, 0.5) is 0 Å². The summed E-state index contributed by atoms with van der Waals surface area (Å²) in [5.41, 5.74) is 3.43. The quantitative estimate of drug-likeness (QED) is 0.801. The molecule has 1 amide bonds. The summed E-state index contributed by atoms with van der Waals surface area (Å²) in [4.78, 5) is 29.1. The topological polar surface area (TPSA) is 73.4 Å². The fourth-order valence-electron chi connectivity index (χ4n) is 3.72. The number of amides is 1. The first-order valence-corrected chi connectivity index (χ1v) is 9.07. The molecule has 0 unspecified atom stereocenters. The zero-order valence-electron chi connectivity index (χ0n) is 17.1. The molecule has 0 radical (unpaired) electrons. The molecule has 0 atom stereocenters. The van der Waals surface area contributed by atoms with Crippen LogP contribution in [-0.2, 0) is 7.05 Å². The minimum absolute atomic E-state index is 0.0966. The molecule has 1 aliphatic rings. The number of carbonyl (C=O) groups excluding carboxylic acids is 1. The van der Waals surface area contributed by atoms with E-state index in [0.29, 0.717) is 5.56 Å². The third kappa shape index (κ3) is 2.76. The highest BCUT2D eigenvalue weighted by molar-refractivity contribution is 5.95. The maximum Gasteiger partial charge on any atom is 0.274 e. The molecule has 0 aromatic carbocycles. The first-order chi connectivity index (χ1) is 12.0. The van der Waals surface area contributed by atoms with Gasteiger partial charge in [0.05, 0.1) is 16.6 Å². The Labute approximate surface area is 155 Å². The van der Waals surface area contributed by atoms with Crippen molar-refractivity contribution in [2.24, 2.45) is 7.05 Å². The van der Waals surface area contributed by atoms with E-state index in [4.69, 9.17) is 0 Å². The Bertz CT molecular complexity index is 797. The Morgan fingerprint density at radius 2 is 1.65 bits per heavy atom. The van der Waals surface area contributed by atoms with Crippen LogP contribution in [0, 0.1) is 0 Å². The van der Waals surface area contributed by atoms with Gasteiger partial charge in [-0.2, -0.15) is 0 Å². The van der Waals surface area contributed by atoms with E-state index in [1.807, 2.05) is 0 Å². The van der Waals surface area contributed by atoms with Gasteiger partial charge >= 0.3 is 0 Å². The highest BCUT2D eigenvalue weighted by Gasteiger charge is 2.53. The smallest absolute Gasteiger partial charge is 0.274 e. The van der Waals surface area contributed by atoms with Gasteiger partial charge in [-0.05, 0) is 47.6 Å². The molecule has 26 heavy (non-hydrogen) atoms. The lowest BCUT2D eigenvalue weighted by Gasteiger charge is -2.42. The minimum atomic E-state index is -0.326. The zero-order chi connectivity index (χ0) is 19.9. The Balaban J connectivity index is 2.68. The molecule has 0 spiro atoms. The molecular formula is C19H31N5O2. The molecule has 1 fully saturated rings. The van der Waals surface area contributed by atoms with Gasteiger partial charge in [-0.1, -0.05) is 5.73 Å². The fourth-order valence-corrected chi connectivity index (χ4v) is 3.72. The standard InChI is InChI=1S/C19H31N5O2/c1-9-23-14(24(10-2)19(5,6)18(23,3)4)12-11-13-15(16(25)20-7)21-22(8)17(13)26/h11,21H,9-10H2,1-8H3,(H,20,25). The molecule has 2 rings (SSSR count). The van der Waals surface area contributed by atoms with Crippen molar-refractivity contribution >= 4 is 12.0 Å². The molecule has 7 heteroatoms. The van der Waals surface area contributed by atoms with Gasteiger partial charge in [0.15, 0.2) is 5.82 Å². The van der Waals surface area contributed by atoms with Crippen molar-refractivity contribution in [2.75, 3.05) is 20.1 Å². The van der Waals surface area contributed by atoms with Crippen molar-refractivity contribution in [3.63, 3.8) is 0 Å². The molecule has 7 nitrogen and oxygen atoms in total. The molecule has 1 aliphatic heterocycles. The molecule has 1 aromatic rings. The lowest BCUT2D eigenvalue weighted by atomic mass is 9.82. The SMILES string of the molecule is CCN1C(=C=Cc2c(C(=O)NC)[nH]n(C)c2=O)N(CC)C(C)(C)C1(C)C. The van der Waals surface area contributed by atoms with E-state index in [1.54, 1.807) is 20.2 Å². The normalized spacial score (nSPS) is 18.1. The van der Waals surface area contributed by atoms with Crippen molar-refractivity contribution < 1.29 is 4.79 Å². The largest absolute Gasteiger partial charge is 0.354 e. The number of aromatic amines is 1. The van der Waals surface area contributed by atoms with E-state index in [-0.39, 0.29) is 28.2 Å². The van der Waals surface area contributed by atoms with Crippen LogP contribution in [0.5, 0.6) is 0 Å². The molecule has 1 saturated heterocycles. The Kier molecular flexibility index (Phi) is 5.15. The van der Waals surface area contributed by atoms with Gasteiger partial charge in [-0.25, -0.2) is 0 Å². The van der Waals surface area contributed by atoms with Crippen molar-refractivity contribution in [1.82, 2.24) is 24.9 Å². The second-order valence-electron chi connectivity index (χ2n) is 7.56. The maximum absolute atomic E-state index is 12.4. The average molecular weight is 361 g/mol. The number of nitrogens with zero attached hydrogens (tertiary/aromatic N) is 3. The average Bonchev–Trinajstić information content (AvgIpc) is 2.93. The lowest BCUT2D eigenvalue weighted by molar-refractivity contribution is 0.0957. The zero-order valence-corrected chi connectivity index (χ0v) is 17.1. The molecule has 2 N–H and O–H groups in total. The van der Waals surface area contributed by atoms with Gasteiger partial charge in [-0.3, -0.25) is 19.4 Å². The highest BCUT2D eigenvalue weighted by atomic mass is 16.2. The van der Waals surface area contributed by atoms with Crippen LogP contribution in [0.15, 0.2) is 16.3 Å². The van der Waals surface area contributed by atoms with Gasteiger partial charge in [0.25, 0.3) is 11.5 Å². The third-order valence-electron chi connectivity index (χ3n) is 5.87. The summed E-state index contributed by atoms with van der Waals surface area (Å²) in [6.45, 7) is 14.8.